The second kappa shape index (κ2) is 23.2. The van der Waals surface area contributed by atoms with Gasteiger partial charge in [0, 0.05) is 49.4 Å². The van der Waals surface area contributed by atoms with Gasteiger partial charge >= 0.3 is 124 Å². The molecule has 0 saturated carbocycles. The number of phenols is 1. The number of aliphatic carboxylic acids is 4. The van der Waals surface area contributed by atoms with Crippen molar-refractivity contribution in [3.05, 3.63) is 86.5 Å². The van der Waals surface area contributed by atoms with Crippen molar-refractivity contribution < 1.29 is 181 Å². The molecule has 0 bridgehead atoms. The molecule has 0 radical (unpaired) electrons. The van der Waals surface area contributed by atoms with Crippen LogP contribution in [-0.2, 0) is 40.6 Å². The van der Waals surface area contributed by atoms with Crippen molar-refractivity contribution in [3.8, 4) is 5.75 Å². The molecule has 0 saturated heterocycles. The van der Waals surface area contributed by atoms with Crippen LogP contribution in [0.25, 0.3) is 5.57 Å². The van der Waals surface area contributed by atoms with Crippen LogP contribution in [0.2, 0.25) is 0 Å². The molecule has 0 spiro atoms. The maximum atomic E-state index is 13.5. The first-order valence-corrected chi connectivity index (χ1v) is 15.9. The third-order valence-corrected chi connectivity index (χ3v) is 8.77. The number of allylic oxidation sites excluding steroid dienone is 4. The van der Waals surface area contributed by atoms with E-state index in [1.165, 1.54) is 58.0 Å². The Kier molecular flexibility index (Phi) is 23.6. The number of carbonyl (C=O) groups excluding carboxylic acids is 4. The summed E-state index contributed by atoms with van der Waals surface area (Å²) in [6, 6.07) is 6.65. The largest absolute Gasteiger partial charge is 1.00 e. The molecule has 0 amide bonds. The second-order valence-electron chi connectivity index (χ2n) is 11.5. The smallest absolute Gasteiger partial charge is 0.744 e. The SMILES string of the molecule is CC1=CC(=C(c2ccccc2S(=O)(=O)[O-])c2cc(C)c(O)c(CN(CC(=O)[O-])CC(=O)[O-])c2C)C(C)=C(CN(CC(=O)[O-])CC(=O)O)C1=O.[Na+].[Na+].[Na+].[Na+]. The van der Waals surface area contributed by atoms with Gasteiger partial charge in [-0.15, -0.1) is 0 Å². The Morgan fingerprint density at radius 3 is 1.74 bits per heavy atom. The zero-order valence-corrected chi connectivity index (χ0v) is 39.7. The van der Waals surface area contributed by atoms with Crippen molar-refractivity contribution >= 4 is 45.4 Å². The first-order valence-electron chi connectivity index (χ1n) is 14.5. The van der Waals surface area contributed by atoms with Crippen molar-refractivity contribution in [2.24, 2.45) is 0 Å². The fourth-order valence-corrected chi connectivity index (χ4v) is 6.37. The number of benzene rings is 2. The molecule has 0 fully saturated rings. The third kappa shape index (κ3) is 14.4. The van der Waals surface area contributed by atoms with Crippen LogP contribution in [-0.4, -0.2) is 95.4 Å². The van der Waals surface area contributed by atoms with Crippen LogP contribution < -0.4 is 134 Å². The molecule has 0 atom stereocenters. The molecule has 262 valence electrons. The molecule has 20 heteroatoms. The number of carboxylic acid groups (broad SMARTS) is 4. The van der Waals surface area contributed by atoms with Gasteiger partial charge < -0.3 is 44.5 Å². The fourth-order valence-electron chi connectivity index (χ4n) is 5.68. The first kappa shape index (κ1) is 53.9. The Labute approximate surface area is 395 Å². The van der Waals surface area contributed by atoms with E-state index in [0.29, 0.717) is 0 Å². The van der Waals surface area contributed by atoms with E-state index in [1.807, 2.05) is 0 Å². The zero-order chi connectivity index (χ0) is 37.0. The van der Waals surface area contributed by atoms with E-state index in [9.17, 15) is 62.5 Å². The van der Waals surface area contributed by atoms with Crippen LogP contribution in [0.15, 0.2) is 63.6 Å². The molecule has 15 nitrogen and oxygen atoms in total. The Morgan fingerprint density at radius 1 is 0.774 bits per heavy atom. The van der Waals surface area contributed by atoms with Gasteiger partial charge in [-0.1, -0.05) is 18.2 Å². The molecular weight excluding hydrogens is 756 g/mol. The molecule has 1 aliphatic carbocycles. The summed E-state index contributed by atoms with van der Waals surface area (Å²) in [6.07, 6.45) is 1.42. The number of phenolic OH excluding ortho intramolecular Hbond substituents is 1. The summed E-state index contributed by atoms with van der Waals surface area (Å²) in [5, 5.41) is 54.7. The topological polar surface area (TPSA) is 259 Å². The number of Topliss-reactive ketones (excluding diaryl/α,β-unsaturated/α-hetero) is 1. The molecule has 0 heterocycles. The fraction of sp³-hybridized carbons (Fsp3) is 0.303. The maximum Gasteiger partial charge on any atom is 1.00 e. The Bertz CT molecular complexity index is 1930. The summed E-state index contributed by atoms with van der Waals surface area (Å²) in [7, 11) is -5.15. The number of rotatable bonds is 15. The van der Waals surface area contributed by atoms with E-state index in [-0.39, 0.29) is 180 Å². The van der Waals surface area contributed by atoms with Gasteiger partial charge in [0.25, 0.3) is 0 Å². The average Bonchev–Trinajstić information content (AvgIpc) is 2.97. The van der Waals surface area contributed by atoms with Crippen molar-refractivity contribution in [1.29, 1.82) is 0 Å². The minimum atomic E-state index is -5.15. The minimum Gasteiger partial charge on any atom is -0.744 e. The molecule has 0 aromatic heterocycles. The molecule has 0 aliphatic heterocycles. The van der Waals surface area contributed by atoms with E-state index in [4.69, 9.17) is 0 Å². The third-order valence-electron chi connectivity index (χ3n) is 7.87. The van der Waals surface area contributed by atoms with E-state index >= 15 is 0 Å². The van der Waals surface area contributed by atoms with Crippen molar-refractivity contribution in [2.45, 2.75) is 39.1 Å². The Hall–Kier alpha value is -1.16. The standard InChI is InChI=1S/C33H36N2O13S.4Na/c1-17-9-22(19(3)24(32(17)44)11-34(13-27(36)37)14-28(38)39)31(21-7-5-6-8-26(21)49(46,47)48)23-10-18(2)33(45)25(20(23)4)12-35(15-29(40)41)16-30(42)43;;;;/h5-10,44H,11-16H2,1-4H3,(H,36,37)(H,38,39)(H,40,41)(H,42,43)(H,46,47,48);;;;/q;4*+1/p-4. The van der Waals surface area contributed by atoms with Crippen LogP contribution in [0.5, 0.6) is 5.75 Å². The molecule has 1 aliphatic rings. The average molecular weight is 789 g/mol. The normalized spacial score (nSPS) is 13.6. The van der Waals surface area contributed by atoms with E-state index < -0.39 is 83.9 Å². The predicted octanol–water partition coefficient (Wildman–Crippen LogP) is -14.0. The molecule has 3 rings (SSSR count). The number of carboxylic acids is 4. The second-order valence-corrected chi connectivity index (χ2v) is 12.8. The van der Waals surface area contributed by atoms with Gasteiger partial charge in [0.1, 0.15) is 15.9 Å². The minimum absolute atomic E-state index is 0. The van der Waals surface area contributed by atoms with Gasteiger partial charge in [0.2, 0.25) is 0 Å². The van der Waals surface area contributed by atoms with Crippen LogP contribution in [0.3, 0.4) is 0 Å². The van der Waals surface area contributed by atoms with Crippen LogP contribution in [0.4, 0.5) is 0 Å². The molecule has 53 heavy (non-hydrogen) atoms. The van der Waals surface area contributed by atoms with Crippen molar-refractivity contribution in [3.63, 3.8) is 0 Å². The predicted molar refractivity (Wildman–Crippen MR) is 164 cm³/mol. The number of carbonyl (C=O) groups is 5. The number of aromatic hydroxyl groups is 1. The molecule has 2 aromatic rings. The van der Waals surface area contributed by atoms with Gasteiger partial charge in [-0.25, -0.2) is 8.42 Å². The molecule has 0 unspecified atom stereocenters. The number of nitrogens with zero attached hydrogens (tertiary/aromatic N) is 2. The summed E-state index contributed by atoms with van der Waals surface area (Å²) in [5.74, 6) is -7.09. The van der Waals surface area contributed by atoms with E-state index in [1.54, 1.807) is 0 Å². The van der Waals surface area contributed by atoms with Gasteiger partial charge in [0.15, 0.2) is 5.78 Å². The van der Waals surface area contributed by atoms with E-state index in [0.717, 1.165) is 15.9 Å². The van der Waals surface area contributed by atoms with Crippen molar-refractivity contribution in [1.82, 2.24) is 9.80 Å². The molecular formula is C33H32N2Na4O13S. The van der Waals surface area contributed by atoms with Gasteiger partial charge in [0.05, 0.1) is 29.3 Å². The maximum absolute atomic E-state index is 13.5. The summed E-state index contributed by atoms with van der Waals surface area (Å²) in [6.45, 7) is 1.66. The Morgan fingerprint density at radius 2 is 1.26 bits per heavy atom. The number of hydrogen-bond acceptors (Lipinski definition) is 14. The molecule has 2 aromatic carbocycles. The van der Waals surface area contributed by atoms with Crippen LogP contribution in [0, 0.1) is 13.8 Å². The van der Waals surface area contributed by atoms with Crippen LogP contribution >= 0.6 is 0 Å². The summed E-state index contributed by atoms with van der Waals surface area (Å²) >= 11 is 0. The Balaban J connectivity index is 0. The monoisotopic (exact) mass is 788 g/mol. The summed E-state index contributed by atoms with van der Waals surface area (Å²) in [5.41, 5.74) is 1.04. The first-order chi connectivity index (χ1) is 22.7. The number of hydrogen-bond donors (Lipinski definition) is 2. The zero-order valence-electron chi connectivity index (χ0n) is 30.9. The quantitative estimate of drug-likeness (QED) is 0.125. The summed E-state index contributed by atoms with van der Waals surface area (Å²) < 4.78 is 37.7. The van der Waals surface area contributed by atoms with Gasteiger partial charge in [-0.3, -0.25) is 19.4 Å². The molecule has 2 N–H and O–H groups in total. The number of ketones is 1. The number of aryl methyl sites for hydroxylation is 1. The van der Waals surface area contributed by atoms with Gasteiger partial charge in [-0.05, 0) is 84.9 Å². The van der Waals surface area contributed by atoms with Crippen LogP contribution in [0.1, 0.15) is 41.7 Å². The van der Waals surface area contributed by atoms with E-state index in [2.05, 4.69) is 0 Å². The summed E-state index contributed by atoms with van der Waals surface area (Å²) in [4.78, 5) is 60.4. The van der Waals surface area contributed by atoms with Gasteiger partial charge in [-0.2, -0.15) is 0 Å². The van der Waals surface area contributed by atoms with Crippen molar-refractivity contribution in [2.75, 3.05) is 32.7 Å².